The Balaban J connectivity index is 2.29. The van der Waals surface area contributed by atoms with Crippen LogP contribution in [0.2, 0.25) is 0 Å². The molecule has 0 amide bonds. The van der Waals surface area contributed by atoms with Crippen LogP contribution in [0.15, 0.2) is 48.5 Å². The SMILES string of the molecule is N#Cc1nc2ccccc2cc1-c1ccc(N)c(F)c1. The molecule has 20 heavy (non-hydrogen) atoms. The van der Waals surface area contributed by atoms with Gasteiger partial charge in [-0.2, -0.15) is 5.26 Å². The van der Waals surface area contributed by atoms with Crippen molar-refractivity contribution in [3.63, 3.8) is 0 Å². The summed E-state index contributed by atoms with van der Waals surface area (Å²) in [6, 6.07) is 15.9. The van der Waals surface area contributed by atoms with E-state index in [1.807, 2.05) is 30.3 Å². The Morgan fingerprint density at radius 2 is 1.90 bits per heavy atom. The first-order valence-corrected chi connectivity index (χ1v) is 6.04. The van der Waals surface area contributed by atoms with Crippen molar-refractivity contribution in [3.8, 4) is 17.2 Å². The molecule has 0 aliphatic heterocycles. The highest BCUT2D eigenvalue weighted by molar-refractivity contribution is 5.86. The Bertz CT molecular complexity index is 850. The van der Waals surface area contributed by atoms with Gasteiger partial charge in [-0.3, -0.25) is 0 Å². The first-order chi connectivity index (χ1) is 9.69. The molecule has 2 aromatic carbocycles. The van der Waals surface area contributed by atoms with Gasteiger partial charge in [0.15, 0.2) is 0 Å². The van der Waals surface area contributed by atoms with Gasteiger partial charge in [0.05, 0.1) is 11.2 Å². The lowest BCUT2D eigenvalue weighted by molar-refractivity contribution is 0.633. The fourth-order valence-electron chi connectivity index (χ4n) is 2.12. The maximum atomic E-state index is 13.6. The number of halogens is 1. The summed E-state index contributed by atoms with van der Waals surface area (Å²) in [6.45, 7) is 0. The van der Waals surface area contributed by atoms with Crippen LogP contribution < -0.4 is 5.73 Å². The van der Waals surface area contributed by atoms with Crippen LogP contribution in [0.3, 0.4) is 0 Å². The average Bonchev–Trinajstić information content (AvgIpc) is 2.48. The first kappa shape index (κ1) is 12.1. The van der Waals surface area contributed by atoms with Gasteiger partial charge in [-0.1, -0.05) is 24.3 Å². The second-order valence-corrected chi connectivity index (χ2v) is 4.43. The molecule has 3 aromatic rings. The zero-order chi connectivity index (χ0) is 14.1. The number of para-hydroxylation sites is 1. The molecule has 0 bridgehead atoms. The molecule has 1 aromatic heterocycles. The second kappa shape index (κ2) is 4.63. The molecule has 0 saturated carbocycles. The normalized spacial score (nSPS) is 10.4. The number of nitrogen functional groups attached to an aromatic ring is 1. The molecular formula is C16H10FN3. The Labute approximate surface area is 115 Å². The van der Waals surface area contributed by atoms with E-state index >= 15 is 0 Å². The lowest BCUT2D eigenvalue weighted by Gasteiger charge is -2.07. The monoisotopic (exact) mass is 263 g/mol. The van der Waals surface area contributed by atoms with Crippen LogP contribution in [-0.4, -0.2) is 4.98 Å². The standard InChI is InChI=1S/C16H10FN3/c17-13-8-10(5-6-14(13)19)12-7-11-3-1-2-4-15(11)20-16(12)9-18/h1-8H,19H2. The minimum absolute atomic E-state index is 0.0843. The number of nitrogens with zero attached hydrogens (tertiary/aromatic N) is 2. The van der Waals surface area contributed by atoms with Gasteiger partial charge < -0.3 is 5.73 Å². The lowest BCUT2D eigenvalue weighted by Crippen LogP contribution is -1.94. The van der Waals surface area contributed by atoms with E-state index in [9.17, 15) is 9.65 Å². The molecule has 0 radical (unpaired) electrons. The van der Waals surface area contributed by atoms with Crippen molar-refractivity contribution in [3.05, 3.63) is 60.0 Å². The second-order valence-electron chi connectivity index (χ2n) is 4.43. The van der Waals surface area contributed by atoms with Gasteiger partial charge in [0.2, 0.25) is 0 Å². The number of benzene rings is 2. The average molecular weight is 263 g/mol. The maximum absolute atomic E-state index is 13.6. The summed E-state index contributed by atoms with van der Waals surface area (Å²) in [4.78, 5) is 4.31. The number of nitriles is 1. The van der Waals surface area contributed by atoms with E-state index < -0.39 is 5.82 Å². The topological polar surface area (TPSA) is 62.7 Å². The molecular weight excluding hydrogens is 253 g/mol. The van der Waals surface area contributed by atoms with Crippen molar-refractivity contribution in [2.75, 3.05) is 5.73 Å². The highest BCUT2D eigenvalue weighted by Gasteiger charge is 2.10. The molecule has 2 N–H and O–H groups in total. The summed E-state index contributed by atoms with van der Waals surface area (Å²) >= 11 is 0. The third-order valence-corrected chi connectivity index (χ3v) is 3.14. The van der Waals surface area contributed by atoms with Gasteiger partial charge in [-0.05, 0) is 29.8 Å². The highest BCUT2D eigenvalue weighted by Crippen LogP contribution is 2.28. The fraction of sp³-hybridized carbons (Fsp3) is 0. The minimum atomic E-state index is -0.500. The van der Waals surface area contributed by atoms with E-state index in [-0.39, 0.29) is 11.4 Å². The fourth-order valence-corrected chi connectivity index (χ4v) is 2.12. The first-order valence-electron chi connectivity index (χ1n) is 6.04. The number of aromatic nitrogens is 1. The molecule has 4 heteroatoms. The summed E-state index contributed by atoms with van der Waals surface area (Å²) < 4.78 is 13.6. The van der Waals surface area contributed by atoms with E-state index in [2.05, 4.69) is 11.1 Å². The molecule has 96 valence electrons. The van der Waals surface area contributed by atoms with E-state index in [1.54, 1.807) is 6.07 Å². The maximum Gasteiger partial charge on any atom is 0.149 e. The van der Waals surface area contributed by atoms with Crippen LogP contribution in [0, 0.1) is 17.1 Å². The summed E-state index contributed by atoms with van der Waals surface area (Å²) in [7, 11) is 0. The minimum Gasteiger partial charge on any atom is -0.396 e. The van der Waals surface area contributed by atoms with E-state index in [0.29, 0.717) is 11.1 Å². The zero-order valence-corrected chi connectivity index (χ0v) is 10.5. The van der Waals surface area contributed by atoms with Gasteiger partial charge in [0, 0.05) is 10.9 Å². The molecule has 1 heterocycles. The number of fused-ring (bicyclic) bond motifs is 1. The van der Waals surface area contributed by atoms with Crippen molar-refractivity contribution < 1.29 is 4.39 Å². The van der Waals surface area contributed by atoms with E-state index in [0.717, 1.165) is 10.9 Å². The Morgan fingerprint density at radius 3 is 2.65 bits per heavy atom. The van der Waals surface area contributed by atoms with Crippen molar-refractivity contribution in [1.29, 1.82) is 5.26 Å². The molecule has 0 spiro atoms. The van der Waals surface area contributed by atoms with Gasteiger partial charge in [-0.15, -0.1) is 0 Å². The van der Waals surface area contributed by atoms with Crippen LogP contribution in [0.1, 0.15) is 5.69 Å². The van der Waals surface area contributed by atoms with Crippen molar-refractivity contribution in [1.82, 2.24) is 4.98 Å². The molecule has 0 saturated heterocycles. The predicted octanol–water partition coefficient (Wildman–Crippen LogP) is 3.49. The molecule has 0 atom stereocenters. The molecule has 3 rings (SSSR count). The molecule has 0 unspecified atom stereocenters. The van der Waals surface area contributed by atoms with Crippen LogP contribution in [0.5, 0.6) is 0 Å². The predicted molar refractivity (Wildman–Crippen MR) is 76.3 cm³/mol. The van der Waals surface area contributed by atoms with Gasteiger partial charge >= 0.3 is 0 Å². The Morgan fingerprint density at radius 1 is 1.10 bits per heavy atom. The number of anilines is 1. The summed E-state index contributed by atoms with van der Waals surface area (Å²) in [5, 5.41) is 10.1. The Hall–Kier alpha value is -2.93. The van der Waals surface area contributed by atoms with E-state index in [4.69, 9.17) is 5.73 Å². The molecule has 3 nitrogen and oxygen atoms in total. The van der Waals surface area contributed by atoms with Crippen LogP contribution >= 0.6 is 0 Å². The highest BCUT2D eigenvalue weighted by atomic mass is 19.1. The van der Waals surface area contributed by atoms with Crippen LogP contribution in [0.25, 0.3) is 22.0 Å². The lowest BCUT2D eigenvalue weighted by atomic mass is 10.0. The third-order valence-electron chi connectivity index (χ3n) is 3.14. The number of nitrogens with two attached hydrogens (primary N) is 1. The summed E-state index contributed by atoms with van der Waals surface area (Å²) in [5.41, 5.74) is 7.76. The number of hydrogen-bond acceptors (Lipinski definition) is 3. The van der Waals surface area contributed by atoms with Crippen LogP contribution in [-0.2, 0) is 0 Å². The number of hydrogen-bond donors (Lipinski definition) is 1. The van der Waals surface area contributed by atoms with Crippen molar-refractivity contribution in [2.24, 2.45) is 0 Å². The third kappa shape index (κ3) is 1.95. The molecule has 0 fully saturated rings. The van der Waals surface area contributed by atoms with Crippen molar-refractivity contribution >= 4 is 16.6 Å². The zero-order valence-electron chi connectivity index (χ0n) is 10.5. The van der Waals surface area contributed by atoms with Crippen molar-refractivity contribution in [2.45, 2.75) is 0 Å². The largest absolute Gasteiger partial charge is 0.396 e. The molecule has 0 aliphatic rings. The number of rotatable bonds is 1. The van der Waals surface area contributed by atoms with Gasteiger partial charge in [0.25, 0.3) is 0 Å². The van der Waals surface area contributed by atoms with E-state index in [1.165, 1.54) is 12.1 Å². The van der Waals surface area contributed by atoms with Crippen LogP contribution in [0.4, 0.5) is 10.1 Å². The van der Waals surface area contributed by atoms with Gasteiger partial charge in [0.1, 0.15) is 17.6 Å². The molecule has 0 aliphatic carbocycles. The summed E-state index contributed by atoms with van der Waals surface area (Å²) in [6.07, 6.45) is 0. The summed E-state index contributed by atoms with van der Waals surface area (Å²) in [5.74, 6) is -0.500. The number of pyridine rings is 1. The smallest absolute Gasteiger partial charge is 0.149 e. The van der Waals surface area contributed by atoms with Gasteiger partial charge in [-0.25, -0.2) is 9.37 Å². The quantitative estimate of drug-likeness (QED) is 0.683. The Kier molecular flexibility index (Phi) is 2.81.